The van der Waals surface area contributed by atoms with Crippen molar-refractivity contribution in [3.63, 3.8) is 0 Å². The maximum atomic E-state index is 12.7. The van der Waals surface area contributed by atoms with Gasteiger partial charge in [-0.15, -0.1) is 0 Å². The fourth-order valence-electron chi connectivity index (χ4n) is 4.94. The van der Waals surface area contributed by atoms with Crippen LogP contribution >= 0.6 is 7.60 Å². The van der Waals surface area contributed by atoms with Crippen LogP contribution in [0.5, 0.6) is 0 Å². The lowest BCUT2D eigenvalue weighted by atomic mass is 10.1. The molecule has 0 radical (unpaired) electrons. The Balaban J connectivity index is 3.45. The van der Waals surface area contributed by atoms with Crippen LogP contribution in [0.3, 0.4) is 0 Å². The number of hydrogen-bond acceptors (Lipinski definition) is 2. The average molecular weight is 531 g/mol. The molecule has 0 saturated carbocycles. The zero-order chi connectivity index (χ0) is 27.0. The van der Waals surface area contributed by atoms with Gasteiger partial charge in [0.2, 0.25) is 0 Å². The van der Waals surface area contributed by atoms with Crippen molar-refractivity contribution in [2.45, 2.75) is 161 Å². The summed E-state index contributed by atoms with van der Waals surface area (Å²) in [6, 6.07) is 0. The minimum absolute atomic E-state index is 0.335. The molecule has 0 aromatic heterocycles. The van der Waals surface area contributed by atoms with Gasteiger partial charge in [0, 0.05) is 6.42 Å². The van der Waals surface area contributed by atoms with E-state index in [1.165, 1.54) is 116 Å². The van der Waals surface area contributed by atoms with Gasteiger partial charge in [0.05, 0.1) is 27.7 Å². The van der Waals surface area contributed by atoms with Crippen LogP contribution < -0.4 is 0 Å². The monoisotopic (exact) mass is 530 g/mol. The highest BCUT2D eigenvalue weighted by molar-refractivity contribution is 7.53. The van der Waals surface area contributed by atoms with Gasteiger partial charge in [-0.05, 0) is 38.5 Å². The standard InChI is InChI=1S/C31H64NO3P/c1-6-8-9-10-11-12-13-14-15-16-17-18-19-20-21-22-23-24-25-26-27-28-30-35-36(33,34)31(29-7-2)32(3,4)5/h16-17,31H,6-15,18-30H2,1-5H3/p+1/b17-16-. The van der Waals surface area contributed by atoms with Crippen LogP contribution in [-0.4, -0.2) is 42.9 Å². The van der Waals surface area contributed by atoms with E-state index in [9.17, 15) is 9.46 Å². The molecule has 0 saturated heterocycles. The van der Waals surface area contributed by atoms with Gasteiger partial charge in [-0.3, -0.25) is 4.57 Å². The molecule has 0 spiro atoms. The zero-order valence-corrected chi connectivity index (χ0v) is 26.0. The highest BCUT2D eigenvalue weighted by Gasteiger charge is 2.41. The fraction of sp³-hybridized carbons (Fsp3) is 0.935. The van der Waals surface area contributed by atoms with Crippen molar-refractivity contribution in [1.82, 2.24) is 0 Å². The molecule has 0 fully saturated rings. The lowest BCUT2D eigenvalue weighted by molar-refractivity contribution is -0.883. The molecule has 0 amide bonds. The topological polar surface area (TPSA) is 46.5 Å². The van der Waals surface area contributed by atoms with Gasteiger partial charge in [-0.2, -0.15) is 0 Å². The SMILES string of the molecule is CCCCCCCCCC/C=C\CCCCCCCCCCCCOP(=O)(O)C(CCC)[N+](C)(C)C. The van der Waals surface area contributed by atoms with Crippen molar-refractivity contribution in [2.75, 3.05) is 27.7 Å². The molecule has 0 aliphatic heterocycles. The first-order valence-electron chi connectivity index (χ1n) is 15.7. The second kappa shape index (κ2) is 23.9. The van der Waals surface area contributed by atoms with Gasteiger partial charge in [-0.25, -0.2) is 0 Å². The van der Waals surface area contributed by atoms with E-state index < -0.39 is 7.60 Å². The average Bonchev–Trinajstić information content (AvgIpc) is 2.82. The van der Waals surface area contributed by atoms with Gasteiger partial charge in [0.25, 0.3) is 0 Å². The van der Waals surface area contributed by atoms with Crippen LogP contribution in [-0.2, 0) is 9.09 Å². The minimum Gasteiger partial charge on any atom is -0.320 e. The predicted molar refractivity (Wildman–Crippen MR) is 160 cm³/mol. The van der Waals surface area contributed by atoms with Gasteiger partial charge >= 0.3 is 7.60 Å². The van der Waals surface area contributed by atoms with Crippen molar-refractivity contribution in [3.05, 3.63) is 12.2 Å². The van der Waals surface area contributed by atoms with Crippen LogP contribution in [0.15, 0.2) is 12.2 Å². The van der Waals surface area contributed by atoms with E-state index in [1.807, 2.05) is 21.1 Å². The molecule has 216 valence electrons. The van der Waals surface area contributed by atoms with Crippen LogP contribution in [0.2, 0.25) is 0 Å². The Labute approximate surface area is 226 Å². The normalized spacial score (nSPS) is 14.9. The van der Waals surface area contributed by atoms with Gasteiger partial charge < -0.3 is 13.9 Å². The molecular weight excluding hydrogens is 465 g/mol. The molecular formula is C31H65NO3P+. The molecule has 36 heavy (non-hydrogen) atoms. The van der Waals surface area contributed by atoms with E-state index in [-0.39, 0.29) is 5.78 Å². The Morgan fingerprint density at radius 1 is 0.639 bits per heavy atom. The smallest absolute Gasteiger partial charge is 0.320 e. The van der Waals surface area contributed by atoms with E-state index in [4.69, 9.17) is 4.52 Å². The van der Waals surface area contributed by atoms with Gasteiger partial charge in [-0.1, -0.05) is 122 Å². The second-order valence-corrected chi connectivity index (χ2v) is 13.8. The molecule has 0 aliphatic carbocycles. The van der Waals surface area contributed by atoms with Crippen molar-refractivity contribution >= 4 is 7.60 Å². The van der Waals surface area contributed by atoms with Crippen molar-refractivity contribution < 1.29 is 18.5 Å². The lowest BCUT2D eigenvalue weighted by Gasteiger charge is -2.35. The molecule has 2 atom stereocenters. The number of hydrogen-bond donors (Lipinski definition) is 1. The number of quaternary nitrogens is 1. The number of rotatable bonds is 27. The van der Waals surface area contributed by atoms with E-state index in [2.05, 4.69) is 26.0 Å². The zero-order valence-electron chi connectivity index (χ0n) is 25.2. The molecule has 0 aromatic carbocycles. The van der Waals surface area contributed by atoms with E-state index in [1.54, 1.807) is 0 Å². The van der Waals surface area contributed by atoms with E-state index >= 15 is 0 Å². The molecule has 4 nitrogen and oxygen atoms in total. The van der Waals surface area contributed by atoms with Crippen LogP contribution in [0, 0.1) is 0 Å². The van der Waals surface area contributed by atoms with Crippen molar-refractivity contribution in [3.8, 4) is 0 Å². The summed E-state index contributed by atoms with van der Waals surface area (Å²) >= 11 is 0. The Morgan fingerprint density at radius 3 is 1.42 bits per heavy atom. The molecule has 0 rings (SSSR count). The predicted octanol–water partition coefficient (Wildman–Crippen LogP) is 10.4. The largest absolute Gasteiger partial charge is 0.385 e. The third-order valence-electron chi connectivity index (χ3n) is 7.25. The summed E-state index contributed by atoms with van der Waals surface area (Å²) in [7, 11) is 2.36. The summed E-state index contributed by atoms with van der Waals surface area (Å²) in [5.74, 6) is -0.335. The molecule has 1 N–H and O–H groups in total. The van der Waals surface area contributed by atoms with Gasteiger partial charge in [0.1, 0.15) is 0 Å². The molecule has 0 bridgehead atoms. The van der Waals surface area contributed by atoms with Crippen LogP contribution in [0.25, 0.3) is 0 Å². The Morgan fingerprint density at radius 2 is 1.03 bits per heavy atom. The molecule has 2 unspecified atom stereocenters. The van der Waals surface area contributed by atoms with Crippen LogP contribution in [0.1, 0.15) is 155 Å². The second-order valence-electron chi connectivity index (χ2n) is 11.8. The van der Waals surface area contributed by atoms with Gasteiger partial charge in [0.15, 0.2) is 5.78 Å². The molecule has 0 heterocycles. The third-order valence-corrected chi connectivity index (χ3v) is 9.51. The summed E-state index contributed by atoms with van der Waals surface area (Å²) in [5.41, 5.74) is 0. The summed E-state index contributed by atoms with van der Waals surface area (Å²) in [5, 5.41) is 0. The lowest BCUT2D eigenvalue weighted by Crippen LogP contribution is -2.45. The highest BCUT2D eigenvalue weighted by atomic mass is 31.2. The van der Waals surface area contributed by atoms with Crippen molar-refractivity contribution in [1.29, 1.82) is 0 Å². The quantitative estimate of drug-likeness (QED) is 0.0497. The third kappa shape index (κ3) is 21.9. The summed E-state index contributed by atoms with van der Waals surface area (Å²) in [6.45, 7) is 4.74. The number of nitrogens with zero attached hydrogens (tertiary/aromatic N) is 1. The Kier molecular flexibility index (Phi) is 23.8. The number of allylic oxidation sites excluding steroid dienone is 2. The van der Waals surface area contributed by atoms with Crippen LogP contribution in [0.4, 0.5) is 0 Å². The minimum atomic E-state index is -3.57. The Bertz CT molecular complexity index is 544. The maximum Gasteiger partial charge on any atom is 0.385 e. The fourth-order valence-corrected chi connectivity index (χ4v) is 6.96. The first-order chi connectivity index (χ1) is 17.3. The summed E-state index contributed by atoms with van der Waals surface area (Å²) in [6.07, 6.45) is 32.8. The first-order valence-corrected chi connectivity index (χ1v) is 17.3. The number of unbranched alkanes of at least 4 members (excludes halogenated alkanes) is 18. The van der Waals surface area contributed by atoms with Crippen molar-refractivity contribution in [2.24, 2.45) is 0 Å². The maximum absolute atomic E-state index is 12.7. The van der Waals surface area contributed by atoms with E-state index in [0.29, 0.717) is 17.5 Å². The molecule has 5 heteroatoms. The first kappa shape index (κ1) is 35.9. The Hall–Kier alpha value is -0.150. The molecule has 0 aromatic rings. The molecule has 0 aliphatic rings. The summed E-state index contributed by atoms with van der Waals surface area (Å²) in [4.78, 5) is 10.4. The summed E-state index contributed by atoms with van der Waals surface area (Å²) < 4.78 is 18.7. The highest BCUT2D eigenvalue weighted by Crippen LogP contribution is 2.51. The van der Waals surface area contributed by atoms with E-state index in [0.717, 1.165) is 19.3 Å².